The monoisotopic (exact) mass is 268 g/mol. The van der Waals surface area contributed by atoms with Crippen molar-refractivity contribution in [1.82, 2.24) is 20.5 Å². The van der Waals surface area contributed by atoms with Gasteiger partial charge in [-0.15, -0.1) is 11.3 Å². The topological polar surface area (TPSA) is 74.3 Å². The summed E-state index contributed by atoms with van der Waals surface area (Å²) in [6.07, 6.45) is 0. The Morgan fingerprint density at radius 1 is 1.50 bits per heavy atom. The summed E-state index contributed by atoms with van der Waals surface area (Å²) in [5.41, 5.74) is 2.02. The number of carbonyl (C=O) groups is 2. The van der Waals surface area contributed by atoms with Crippen molar-refractivity contribution in [3.05, 3.63) is 16.6 Å². The number of hydrogen-bond acceptors (Lipinski definition) is 5. The van der Waals surface area contributed by atoms with Crippen LogP contribution in [0.1, 0.15) is 10.5 Å². The van der Waals surface area contributed by atoms with Gasteiger partial charge in [-0.05, 0) is 7.05 Å². The number of hydrogen-bond donors (Lipinski definition) is 2. The molecule has 0 spiro atoms. The molecule has 2 rings (SSSR count). The second-order valence-corrected chi connectivity index (χ2v) is 5.11. The van der Waals surface area contributed by atoms with Crippen LogP contribution >= 0.6 is 11.3 Å². The fourth-order valence-corrected chi connectivity index (χ4v) is 2.70. The molecule has 2 amide bonds. The average Bonchev–Trinajstić information content (AvgIpc) is 2.97. The van der Waals surface area contributed by atoms with Gasteiger partial charge in [0.15, 0.2) is 0 Å². The van der Waals surface area contributed by atoms with Crippen LogP contribution in [0.15, 0.2) is 10.9 Å². The van der Waals surface area contributed by atoms with Crippen LogP contribution < -0.4 is 10.6 Å². The van der Waals surface area contributed by atoms with Crippen molar-refractivity contribution in [3.63, 3.8) is 0 Å². The highest BCUT2D eigenvalue weighted by Gasteiger charge is 2.36. The van der Waals surface area contributed by atoms with E-state index in [1.54, 1.807) is 17.9 Å². The number of likely N-dealkylation sites (N-methyl/N-ethyl adjacent to an activating group) is 1. The number of thiazole rings is 1. The van der Waals surface area contributed by atoms with E-state index in [1.165, 1.54) is 11.3 Å². The molecule has 0 bridgehead atoms. The number of nitrogens with zero attached hydrogens (tertiary/aromatic N) is 2. The standard InChI is InChI=1S/C11H16N4O2S/c1-12-10(16)7-3-15(2)4-8(7)14-11(17)9-5-18-6-13-9/h5-8H,3-4H2,1-2H3,(H,12,16)(H,14,17)/t7-,8+/m1/s1. The first-order valence-corrected chi connectivity index (χ1v) is 6.65. The zero-order chi connectivity index (χ0) is 13.1. The summed E-state index contributed by atoms with van der Waals surface area (Å²) in [7, 11) is 3.55. The van der Waals surface area contributed by atoms with Gasteiger partial charge in [0.1, 0.15) is 5.69 Å². The van der Waals surface area contributed by atoms with Crippen LogP contribution in [0.5, 0.6) is 0 Å². The Hall–Kier alpha value is -1.47. The van der Waals surface area contributed by atoms with Crippen LogP contribution in [0.3, 0.4) is 0 Å². The van der Waals surface area contributed by atoms with E-state index in [0.717, 1.165) is 0 Å². The van der Waals surface area contributed by atoms with E-state index >= 15 is 0 Å². The van der Waals surface area contributed by atoms with E-state index in [9.17, 15) is 9.59 Å². The van der Waals surface area contributed by atoms with Gasteiger partial charge in [-0.1, -0.05) is 0 Å². The quantitative estimate of drug-likeness (QED) is 0.778. The van der Waals surface area contributed by atoms with E-state index in [-0.39, 0.29) is 23.8 Å². The Bertz CT molecular complexity index is 434. The largest absolute Gasteiger partial charge is 0.359 e. The van der Waals surface area contributed by atoms with Crippen molar-refractivity contribution in [2.45, 2.75) is 6.04 Å². The van der Waals surface area contributed by atoms with Gasteiger partial charge in [0.25, 0.3) is 5.91 Å². The normalized spacial score (nSPS) is 23.9. The van der Waals surface area contributed by atoms with E-state index < -0.39 is 0 Å². The van der Waals surface area contributed by atoms with Gasteiger partial charge >= 0.3 is 0 Å². The summed E-state index contributed by atoms with van der Waals surface area (Å²) < 4.78 is 0. The molecule has 0 unspecified atom stereocenters. The Morgan fingerprint density at radius 2 is 2.28 bits per heavy atom. The number of rotatable bonds is 3. The molecule has 1 aliphatic rings. The maximum atomic E-state index is 11.9. The SMILES string of the molecule is CNC(=O)[C@@H]1CN(C)C[C@@H]1NC(=O)c1cscn1. The molecule has 1 aliphatic heterocycles. The van der Waals surface area contributed by atoms with Gasteiger partial charge < -0.3 is 15.5 Å². The Morgan fingerprint density at radius 3 is 2.89 bits per heavy atom. The third-order valence-electron chi connectivity index (χ3n) is 3.07. The lowest BCUT2D eigenvalue weighted by Crippen LogP contribution is -2.45. The second kappa shape index (κ2) is 5.45. The van der Waals surface area contributed by atoms with Gasteiger partial charge in [0, 0.05) is 25.5 Å². The van der Waals surface area contributed by atoms with Crippen LogP contribution in [0.2, 0.25) is 0 Å². The number of amides is 2. The van der Waals surface area contributed by atoms with Crippen LogP contribution in [-0.2, 0) is 4.79 Å². The fraction of sp³-hybridized carbons (Fsp3) is 0.545. The minimum atomic E-state index is -0.217. The highest BCUT2D eigenvalue weighted by Crippen LogP contribution is 2.16. The second-order valence-electron chi connectivity index (χ2n) is 4.40. The lowest BCUT2D eigenvalue weighted by Gasteiger charge is -2.17. The molecule has 2 N–H and O–H groups in total. The van der Waals surface area contributed by atoms with Gasteiger partial charge in [-0.25, -0.2) is 4.98 Å². The highest BCUT2D eigenvalue weighted by molar-refractivity contribution is 7.07. The third-order valence-corrected chi connectivity index (χ3v) is 3.65. The molecule has 2 atom stereocenters. The molecular weight excluding hydrogens is 252 g/mol. The van der Waals surface area contributed by atoms with Crippen LogP contribution in [-0.4, -0.2) is 54.9 Å². The van der Waals surface area contributed by atoms with Crippen molar-refractivity contribution in [2.24, 2.45) is 5.92 Å². The van der Waals surface area contributed by atoms with Crippen LogP contribution in [0.25, 0.3) is 0 Å². The predicted molar refractivity (Wildman–Crippen MR) is 68.4 cm³/mol. The molecule has 98 valence electrons. The van der Waals surface area contributed by atoms with E-state index in [1.807, 2.05) is 11.9 Å². The van der Waals surface area contributed by atoms with E-state index in [0.29, 0.717) is 18.8 Å². The number of nitrogens with one attached hydrogen (secondary N) is 2. The lowest BCUT2D eigenvalue weighted by molar-refractivity contribution is -0.124. The predicted octanol–water partition coefficient (Wildman–Crippen LogP) is -0.451. The third kappa shape index (κ3) is 2.68. The molecule has 0 saturated carbocycles. The number of likely N-dealkylation sites (tertiary alicyclic amines) is 1. The van der Waals surface area contributed by atoms with Crippen molar-refractivity contribution in [1.29, 1.82) is 0 Å². The minimum Gasteiger partial charge on any atom is -0.359 e. The van der Waals surface area contributed by atoms with E-state index in [2.05, 4.69) is 15.6 Å². The summed E-state index contributed by atoms with van der Waals surface area (Å²) in [5.74, 6) is -0.462. The fourth-order valence-electron chi connectivity index (χ4n) is 2.16. The van der Waals surface area contributed by atoms with Gasteiger partial charge in [0.05, 0.1) is 17.5 Å². The Labute approximate surface area is 109 Å². The smallest absolute Gasteiger partial charge is 0.271 e. The summed E-state index contributed by atoms with van der Waals surface area (Å²) in [4.78, 5) is 29.6. The van der Waals surface area contributed by atoms with Crippen molar-refractivity contribution in [2.75, 3.05) is 27.2 Å². The average molecular weight is 268 g/mol. The molecule has 0 aliphatic carbocycles. The maximum absolute atomic E-state index is 11.9. The molecule has 1 saturated heterocycles. The lowest BCUT2D eigenvalue weighted by atomic mass is 10.0. The van der Waals surface area contributed by atoms with Gasteiger partial charge in [-0.2, -0.15) is 0 Å². The summed E-state index contributed by atoms with van der Waals surface area (Å²) >= 11 is 1.38. The summed E-state index contributed by atoms with van der Waals surface area (Å²) in [5, 5.41) is 7.21. The molecule has 0 aromatic carbocycles. The molecule has 1 aromatic heterocycles. The van der Waals surface area contributed by atoms with Crippen molar-refractivity contribution < 1.29 is 9.59 Å². The zero-order valence-electron chi connectivity index (χ0n) is 10.3. The first-order valence-electron chi connectivity index (χ1n) is 5.71. The molecular formula is C11H16N4O2S. The van der Waals surface area contributed by atoms with Crippen LogP contribution in [0, 0.1) is 5.92 Å². The zero-order valence-corrected chi connectivity index (χ0v) is 11.2. The highest BCUT2D eigenvalue weighted by atomic mass is 32.1. The van der Waals surface area contributed by atoms with Gasteiger partial charge in [0.2, 0.25) is 5.91 Å². The number of carbonyl (C=O) groups excluding carboxylic acids is 2. The molecule has 7 heteroatoms. The van der Waals surface area contributed by atoms with Crippen LogP contribution in [0.4, 0.5) is 0 Å². The molecule has 0 radical (unpaired) electrons. The molecule has 1 aromatic rings. The van der Waals surface area contributed by atoms with Crippen molar-refractivity contribution in [3.8, 4) is 0 Å². The van der Waals surface area contributed by atoms with Crippen molar-refractivity contribution >= 4 is 23.2 Å². The summed E-state index contributed by atoms with van der Waals surface area (Å²) in [6, 6.07) is -0.163. The Kier molecular flexibility index (Phi) is 3.93. The summed E-state index contributed by atoms with van der Waals surface area (Å²) in [6.45, 7) is 1.33. The minimum absolute atomic E-state index is 0.0390. The molecule has 6 nitrogen and oxygen atoms in total. The first-order chi connectivity index (χ1) is 8.61. The Balaban J connectivity index is 2.03. The molecule has 2 heterocycles. The first kappa shape index (κ1) is 13.0. The molecule has 18 heavy (non-hydrogen) atoms. The maximum Gasteiger partial charge on any atom is 0.271 e. The number of aromatic nitrogens is 1. The molecule has 1 fully saturated rings. The van der Waals surface area contributed by atoms with E-state index in [4.69, 9.17) is 0 Å². The van der Waals surface area contributed by atoms with Gasteiger partial charge in [-0.3, -0.25) is 9.59 Å².